The fourth-order valence-corrected chi connectivity index (χ4v) is 5.42. The number of Topliss-reactive ketones (excluding diaryl/α,β-unsaturated/α-hetero) is 2. The Bertz CT molecular complexity index is 1600. The van der Waals surface area contributed by atoms with Crippen LogP contribution in [0.3, 0.4) is 0 Å². The van der Waals surface area contributed by atoms with Gasteiger partial charge < -0.3 is 18.9 Å². The zero-order valence-corrected chi connectivity index (χ0v) is 23.4. The normalized spacial score (nSPS) is 17.5. The lowest BCUT2D eigenvalue weighted by atomic mass is 9.92. The number of nitrogens with zero attached hydrogens (tertiary/aromatic N) is 1. The summed E-state index contributed by atoms with van der Waals surface area (Å²) in [5, 5.41) is 0. The van der Waals surface area contributed by atoms with Gasteiger partial charge in [0.05, 0.1) is 43.3 Å². The largest absolute Gasteiger partial charge is 0.497 e. The lowest BCUT2D eigenvalue weighted by Gasteiger charge is -2.43. The second kappa shape index (κ2) is 10.6. The number of carbonyl (C=O) groups excluding carboxylic acids is 4. The molecule has 3 aromatic carbocycles. The first-order chi connectivity index (χ1) is 19.6. The first-order valence-corrected chi connectivity index (χ1v) is 13.1. The van der Waals surface area contributed by atoms with Crippen molar-refractivity contribution in [2.24, 2.45) is 0 Å². The summed E-state index contributed by atoms with van der Waals surface area (Å²) in [4.78, 5) is 56.7. The summed E-state index contributed by atoms with van der Waals surface area (Å²) in [7, 11) is 3.04. The molecule has 0 fully saturated rings. The molecule has 2 aliphatic rings. The van der Waals surface area contributed by atoms with Crippen LogP contribution in [0, 0.1) is 13.8 Å². The van der Waals surface area contributed by atoms with Gasteiger partial charge in [-0.1, -0.05) is 6.07 Å². The molecule has 2 heterocycles. The van der Waals surface area contributed by atoms with Gasteiger partial charge in [-0.15, -0.1) is 0 Å². The molecule has 0 bridgehead atoms. The van der Waals surface area contributed by atoms with Crippen LogP contribution in [0.4, 0.5) is 5.69 Å². The van der Waals surface area contributed by atoms with E-state index in [1.54, 1.807) is 68.4 Å². The van der Waals surface area contributed by atoms with Crippen molar-refractivity contribution in [3.05, 3.63) is 94.1 Å². The maximum Gasteiger partial charge on any atom is 0.342 e. The molecule has 1 atom stereocenters. The van der Waals surface area contributed by atoms with Crippen molar-refractivity contribution >= 4 is 34.9 Å². The molecule has 9 heteroatoms. The molecule has 0 amide bonds. The third kappa shape index (κ3) is 4.53. The van der Waals surface area contributed by atoms with Gasteiger partial charge in [-0.25, -0.2) is 4.79 Å². The number of methoxy groups -OCH3 is 2. The monoisotopic (exact) mass is 555 g/mol. The van der Waals surface area contributed by atoms with Crippen LogP contribution in [0.25, 0.3) is 5.70 Å². The summed E-state index contributed by atoms with van der Waals surface area (Å²) in [6.07, 6.45) is -0.614. The maximum absolute atomic E-state index is 14.5. The van der Waals surface area contributed by atoms with Crippen LogP contribution in [-0.4, -0.2) is 50.1 Å². The predicted molar refractivity (Wildman–Crippen MR) is 150 cm³/mol. The number of hydrogen-bond acceptors (Lipinski definition) is 9. The van der Waals surface area contributed by atoms with Crippen molar-refractivity contribution in [3.8, 4) is 11.5 Å². The van der Waals surface area contributed by atoms with Gasteiger partial charge in [0.1, 0.15) is 17.9 Å². The van der Waals surface area contributed by atoms with Crippen molar-refractivity contribution in [1.29, 1.82) is 0 Å². The first kappa shape index (κ1) is 27.6. The van der Waals surface area contributed by atoms with Crippen molar-refractivity contribution < 1.29 is 38.1 Å². The van der Waals surface area contributed by atoms with Gasteiger partial charge in [0.25, 0.3) is 5.72 Å². The van der Waals surface area contributed by atoms with Gasteiger partial charge in [-0.05, 0) is 92.1 Å². The highest BCUT2D eigenvalue weighted by atomic mass is 16.6. The SMILES string of the molecule is CCOC(=O)CC12OC(=O)c3cc(C)cc(C)c3N1C(c1ccc(OC)cc1)=C(C(=O)c1ccc(OC)cc1)C2=O. The van der Waals surface area contributed by atoms with E-state index in [-0.39, 0.29) is 29.0 Å². The number of rotatable bonds is 8. The van der Waals surface area contributed by atoms with Gasteiger partial charge in [0.2, 0.25) is 5.78 Å². The number of ketones is 2. The number of benzene rings is 3. The number of fused-ring (bicyclic) bond motifs is 3. The predicted octanol–water partition coefficient (Wildman–Crippen LogP) is 4.82. The summed E-state index contributed by atoms with van der Waals surface area (Å²) in [6, 6.07) is 16.7. The van der Waals surface area contributed by atoms with Gasteiger partial charge >= 0.3 is 11.9 Å². The Labute approximate surface area is 237 Å². The number of aryl methyl sites for hydroxylation is 2. The Hall–Kier alpha value is -4.92. The fraction of sp³-hybridized carbons (Fsp3) is 0.250. The highest BCUT2D eigenvalue weighted by molar-refractivity contribution is 6.38. The van der Waals surface area contributed by atoms with Crippen molar-refractivity contribution in [3.63, 3.8) is 0 Å². The van der Waals surface area contributed by atoms with E-state index in [1.165, 1.54) is 19.1 Å². The van der Waals surface area contributed by atoms with Crippen LogP contribution in [0.1, 0.15) is 50.8 Å². The first-order valence-electron chi connectivity index (χ1n) is 13.1. The Morgan fingerprint density at radius 1 is 0.902 bits per heavy atom. The number of esters is 2. The van der Waals surface area contributed by atoms with Crippen molar-refractivity contribution in [1.82, 2.24) is 0 Å². The standard InChI is InChI=1S/C32H29NO8/c1-6-40-25(34)17-32-30(36)26(29(35)21-9-13-23(39-5)14-10-21)28(20-7-11-22(38-4)12-8-20)33(32)27-19(3)15-18(2)16-24(27)31(37)41-32/h7-16H,6,17H2,1-5H3. The molecular formula is C32H29NO8. The van der Waals surface area contributed by atoms with E-state index in [1.807, 2.05) is 13.0 Å². The van der Waals surface area contributed by atoms with Crippen LogP contribution in [-0.2, 0) is 19.1 Å². The summed E-state index contributed by atoms with van der Waals surface area (Å²) in [5.41, 5.74) is 0.626. The molecule has 2 aliphatic heterocycles. The summed E-state index contributed by atoms with van der Waals surface area (Å²) < 4.78 is 21.7. The van der Waals surface area contributed by atoms with E-state index < -0.39 is 35.7 Å². The molecule has 0 radical (unpaired) electrons. The second-order valence-electron chi connectivity index (χ2n) is 9.81. The molecule has 0 saturated carbocycles. The van der Waals surface area contributed by atoms with E-state index in [2.05, 4.69) is 0 Å². The fourth-order valence-electron chi connectivity index (χ4n) is 5.42. The zero-order valence-electron chi connectivity index (χ0n) is 23.4. The number of carbonyl (C=O) groups is 4. The van der Waals surface area contributed by atoms with E-state index in [9.17, 15) is 19.2 Å². The van der Waals surface area contributed by atoms with E-state index in [0.29, 0.717) is 28.3 Å². The molecule has 210 valence electrons. The van der Waals surface area contributed by atoms with Gasteiger partial charge in [0, 0.05) is 5.56 Å². The van der Waals surface area contributed by atoms with Crippen LogP contribution in [0.15, 0.2) is 66.2 Å². The molecule has 9 nitrogen and oxygen atoms in total. The smallest absolute Gasteiger partial charge is 0.342 e. The van der Waals surface area contributed by atoms with Gasteiger partial charge in [0.15, 0.2) is 5.78 Å². The summed E-state index contributed by atoms with van der Waals surface area (Å²) in [5.74, 6) is -1.82. The minimum atomic E-state index is -2.16. The molecule has 0 saturated heterocycles. The van der Waals surface area contributed by atoms with E-state index in [4.69, 9.17) is 18.9 Å². The third-order valence-electron chi connectivity index (χ3n) is 7.19. The molecule has 0 N–H and O–H groups in total. The Morgan fingerprint density at radius 3 is 2.10 bits per heavy atom. The molecule has 5 rings (SSSR count). The average Bonchev–Trinajstić information content (AvgIpc) is 3.20. The molecule has 1 unspecified atom stereocenters. The molecule has 41 heavy (non-hydrogen) atoms. The lowest BCUT2D eigenvalue weighted by Crippen LogP contribution is -2.58. The molecular weight excluding hydrogens is 526 g/mol. The van der Waals surface area contributed by atoms with Gasteiger partial charge in [-0.3, -0.25) is 19.3 Å². The van der Waals surface area contributed by atoms with Crippen LogP contribution in [0.5, 0.6) is 11.5 Å². The van der Waals surface area contributed by atoms with Gasteiger partial charge in [-0.2, -0.15) is 0 Å². The van der Waals surface area contributed by atoms with E-state index >= 15 is 0 Å². The van der Waals surface area contributed by atoms with Crippen LogP contribution in [0.2, 0.25) is 0 Å². The van der Waals surface area contributed by atoms with Crippen LogP contribution >= 0.6 is 0 Å². The Balaban J connectivity index is 1.83. The average molecular weight is 556 g/mol. The van der Waals surface area contributed by atoms with Crippen molar-refractivity contribution in [2.45, 2.75) is 32.9 Å². The third-order valence-corrected chi connectivity index (χ3v) is 7.19. The Morgan fingerprint density at radius 2 is 1.51 bits per heavy atom. The lowest BCUT2D eigenvalue weighted by molar-refractivity contribution is -0.153. The quantitative estimate of drug-likeness (QED) is 0.219. The highest BCUT2D eigenvalue weighted by Gasteiger charge is 2.62. The molecule has 0 aromatic heterocycles. The summed E-state index contributed by atoms with van der Waals surface area (Å²) in [6.45, 7) is 5.34. The molecule has 0 spiro atoms. The number of hydrogen-bond donors (Lipinski definition) is 0. The van der Waals surface area contributed by atoms with Crippen molar-refractivity contribution in [2.75, 3.05) is 25.7 Å². The van der Waals surface area contributed by atoms with E-state index in [0.717, 1.165) is 5.56 Å². The number of ether oxygens (including phenoxy) is 4. The summed E-state index contributed by atoms with van der Waals surface area (Å²) >= 11 is 0. The zero-order chi connectivity index (χ0) is 29.5. The second-order valence-corrected chi connectivity index (χ2v) is 9.81. The molecule has 0 aliphatic carbocycles. The van der Waals surface area contributed by atoms with Crippen LogP contribution < -0.4 is 14.4 Å². The number of anilines is 1. The molecule has 3 aromatic rings. The maximum atomic E-state index is 14.5. The highest BCUT2D eigenvalue weighted by Crippen LogP contribution is 2.52. The Kier molecular flexibility index (Phi) is 7.13. The minimum Gasteiger partial charge on any atom is -0.497 e. The minimum absolute atomic E-state index is 0.0578. The topological polar surface area (TPSA) is 108 Å².